The molecular formula is C57H50F6N2O9. The van der Waals surface area contributed by atoms with Crippen LogP contribution in [-0.2, 0) is 25.5 Å². The smallest absolute Gasteiger partial charge is 0.389 e. The van der Waals surface area contributed by atoms with Crippen molar-refractivity contribution in [3.05, 3.63) is 202 Å². The molecular weight excluding hydrogens is 971 g/mol. The lowest BCUT2D eigenvalue weighted by atomic mass is 9.93. The molecule has 0 fully saturated rings. The third kappa shape index (κ3) is 18.5. The van der Waals surface area contributed by atoms with Gasteiger partial charge in [0.15, 0.2) is 0 Å². The van der Waals surface area contributed by atoms with Gasteiger partial charge in [0.1, 0.15) is 30.5 Å². The van der Waals surface area contributed by atoms with Gasteiger partial charge in [-0.15, -0.1) is 0 Å². The van der Waals surface area contributed by atoms with Gasteiger partial charge in [0, 0.05) is 41.9 Å². The summed E-state index contributed by atoms with van der Waals surface area (Å²) in [5, 5.41) is 0. The van der Waals surface area contributed by atoms with Gasteiger partial charge in [-0.3, -0.25) is 0 Å². The number of rotatable bonds is 22. The number of aryl methyl sites for hydroxylation is 1. The van der Waals surface area contributed by atoms with Crippen molar-refractivity contribution < 1.29 is 69.2 Å². The minimum absolute atomic E-state index is 0.0203. The SMILES string of the molecule is Nc1ccc(C(=C(COC(=O)/C=C/c2ccc(OC(=O)c3ccc(CCCCC(F)(F)F)cc3)cc2)COC(=O)/C=C/c2ccc(OC(=O)c3ccc(OCCCC(F)(F)F)cc3)cc2)c2ccc(N)cc2)cc1. The molecule has 0 amide bonds. The summed E-state index contributed by atoms with van der Waals surface area (Å²) in [6.45, 7) is -0.743. The summed E-state index contributed by atoms with van der Waals surface area (Å²) in [7, 11) is 0. The minimum atomic E-state index is -4.27. The van der Waals surface area contributed by atoms with E-state index in [0.717, 1.165) is 5.56 Å². The van der Waals surface area contributed by atoms with Crippen molar-refractivity contribution in [1.82, 2.24) is 0 Å². The molecule has 0 radical (unpaired) electrons. The number of hydrogen-bond acceptors (Lipinski definition) is 11. The highest BCUT2D eigenvalue weighted by molar-refractivity contribution is 5.92. The average Bonchev–Trinajstić information content (AvgIpc) is 3.37. The van der Waals surface area contributed by atoms with E-state index in [2.05, 4.69) is 0 Å². The van der Waals surface area contributed by atoms with Crippen molar-refractivity contribution in [3.8, 4) is 17.2 Å². The van der Waals surface area contributed by atoms with Gasteiger partial charge in [-0.25, -0.2) is 19.2 Å². The molecule has 0 aliphatic heterocycles. The van der Waals surface area contributed by atoms with Gasteiger partial charge in [-0.2, -0.15) is 26.3 Å². The first kappa shape index (κ1) is 54.7. The summed E-state index contributed by atoms with van der Waals surface area (Å²) in [6.07, 6.45) is -4.22. The number of alkyl halides is 6. The fraction of sp³-hybridized carbons (Fsp3) is 0.193. The van der Waals surface area contributed by atoms with Crippen LogP contribution in [0.3, 0.4) is 0 Å². The van der Waals surface area contributed by atoms with Gasteiger partial charge in [0.2, 0.25) is 0 Å². The maximum absolute atomic E-state index is 13.2. The van der Waals surface area contributed by atoms with Crippen LogP contribution in [0, 0.1) is 0 Å². The number of halogens is 6. The van der Waals surface area contributed by atoms with Gasteiger partial charge in [0.05, 0.1) is 17.7 Å². The number of unbranched alkanes of at least 4 members (excludes halogenated alkanes) is 1. The van der Waals surface area contributed by atoms with Crippen molar-refractivity contribution in [3.63, 3.8) is 0 Å². The third-order valence-corrected chi connectivity index (χ3v) is 10.9. The van der Waals surface area contributed by atoms with E-state index >= 15 is 0 Å². The summed E-state index contributed by atoms with van der Waals surface area (Å²) in [5.74, 6) is -2.01. The Morgan fingerprint density at radius 1 is 0.459 bits per heavy atom. The largest absolute Gasteiger partial charge is 0.494 e. The van der Waals surface area contributed by atoms with E-state index in [1.807, 2.05) is 0 Å². The Labute approximate surface area is 422 Å². The van der Waals surface area contributed by atoms with E-state index in [1.165, 1.54) is 60.7 Å². The zero-order chi connectivity index (χ0) is 53.1. The molecule has 6 aromatic carbocycles. The second kappa shape index (κ2) is 26.2. The van der Waals surface area contributed by atoms with Crippen LogP contribution in [0.15, 0.2) is 163 Å². The summed E-state index contributed by atoms with van der Waals surface area (Å²) in [5.41, 5.74) is 17.8. The lowest BCUT2D eigenvalue weighted by Gasteiger charge is -2.17. The Bertz CT molecular complexity index is 2720. The molecule has 11 nitrogen and oxygen atoms in total. The molecule has 6 aromatic rings. The number of hydrogen-bond donors (Lipinski definition) is 2. The maximum Gasteiger partial charge on any atom is 0.389 e. The van der Waals surface area contributed by atoms with Crippen molar-refractivity contribution >= 4 is 53.0 Å². The van der Waals surface area contributed by atoms with E-state index in [-0.39, 0.29) is 55.3 Å². The van der Waals surface area contributed by atoms with Gasteiger partial charge in [-0.1, -0.05) is 60.7 Å². The second-order valence-corrected chi connectivity index (χ2v) is 16.6. The molecule has 6 rings (SSSR count). The van der Waals surface area contributed by atoms with Crippen LogP contribution >= 0.6 is 0 Å². The number of benzene rings is 6. The molecule has 0 heterocycles. The fourth-order valence-corrected chi connectivity index (χ4v) is 7.04. The Kier molecular flexibility index (Phi) is 19.4. The number of anilines is 2. The van der Waals surface area contributed by atoms with Gasteiger partial charge in [0.25, 0.3) is 0 Å². The highest BCUT2D eigenvalue weighted by atomic mass is 19.4. The Morgan fingerprint density at radius 2 is 0.851 bits per heavy atom. The average molecular weight is 1020 g/mol. The van der Waals surface area contributed by atoms with Crippen LogP contribution in [-0.4, -0.2) is 56.1 Å². The first-order valence-corrected chi connectivity index (χ1v) is 23.1. The number of carbonyl (C=O) groups is 4. The van der Waals surface area contributed by atoms with E-state index < -0.39 is 49.1 Å². The van der Waals surface area contributed by atoms with Crippen LogP contribution in [0.5, 0.6) is 17.2 Å². The summed E-state index contributed by atoms with van der Waals surface area (Å²) in [4.78, 5) is 51.9. The molecule has 0 bridgehead atoms. The van der Waals surface area contributed by atoms with Crippen LogP contribution in [0.25, 0.3) is 17.7 Å². The van der Waals surface area contributed by atoms with Crippen LogP contribution < -0.4 is 25.7 Å². The first-order chi connectivity index (χ1) is 35.4. The highest BCUT2D eigenvalue weighted by Crippen LogP contribution is 2.30. The molecule has 0 atom stereocenters. The minimum Gasteiger partial charge on any atom is -0.494 e. The zero-order valence-corrected chi connectivity index (χ0v) is 39.6. The fourth-order valence-electron chi connectivity index (χ4n) is 7.04. The summed E-state index contributed by atoms with van der Waals surface area (Å²) < 4.78 is 102. The van der Waals surface area contributed by atoms with Gasteiger partial charge < -0.3 is 35.2 Å². The second-order valence-electron chi connectivity index (χ2n) is 16.6. The number of esters is 4. The molecule has 0 aliphatic carbocycles. The number of carbonyl (C=O) groups excluding carboxylic acids is 4. The topological polar surface area (TPSA) is 166 Å². The number of nitrogens with two attached hydrogens (primary N) is 2. The van der Waals surface area contributed by atoms with Crippen molar-refractivity contribution in [2.45, 2.75) is 50.9 Å². The normalized spacial score (nSPS) is 11.5. The van der Waals surface area contributed by atoms with E-state index in [1.54, 1.807) is 109 Å². The van der Waals surface area contributed by atoms with Crippen LogP contribution in [0.4, 0.5) is 37.7 Å². The Balaban J connectivity index is 1.06. The molecule has 0 aliphatic rings. The van der Waals surface area contributed by atoms with Crippen LogP contribution in [0.2, 0.25) is 0 Å². The predicted octanol–water partition coefficient (Wildman–Crippen LogP) is 12.6. The molecule has 0 unspecified atom stereocenters. The van der Waals surface area contributed by atoms with Crippen molar-refractivity contribution in [2.24, 2.45) is 0 Å². The standard InChI is InChI=1S/C57H50F6N2O9/c58-56(59,60)33-2-1-4-38-5-13-43(14-6-38)54(68)73-49-25-7-39(8-26-49)11-31-51(66)71-36-45(53(41-15-21-46(64)22-16-41)42-17-23-47(65)24-18-42)37-72-52(67)32-12-40-9-27-50(28-10-40)74-55(69)44-19-29-48(30-20-44)70-35-3-34-57(61,62)63/h5-32H,1-4,33-37,64-65H2/b31-11+,32-12+. The van der Waals surface area contributed by atoms with Gasteiger partial charge in [-0.05, 0) is 156 Å². The molecule has 74 heavy (non-hydrogen) atoms. The van der Waals surface area contributed by atoms with Crippen LogP contribution in [0.1, 0.15) is 80.6 Å². The molecule has 17 heteroatoms. The molecule has 0 saturated heterocycles. The number of nitrogen functional groups attached to an aromatic ring is 2. The predicted molar refractivity (Wildman–Crippen MR) is 268 cm³/mol. The molecule has 0 saturated carbocycles. The maximum atomic E-state index is 13.2. The zero-order valence-electron chi connectivity index (χ0n) is 39.6. The Hall–Kier alpha value is -8.60. The van der Waals surface area contributed by atoms with Crippen molar-refractivity contribution in [2.75, 3.05) is 31.3 Å². The first-order valence-electron chi connectivity index (χ1n) is 23.1. The highest BCUT2D eigenvalue weighted by Gasteiger charge is 2.27. The van der Waals surface area contributed by atoms with E-state index in [0.29, 0.717) is 63.4 Å². The lowest BCUT2D eigenvalue weighted by Crippen LogP contribution is -2.14. The summed E-state index contributed by atoms with van der Waals surface area (Å²) in [6, 6.07) is 38.7. The lowest BCUT2D eigenvalue weighted by molar-refractivity contribution is -0.138. The van der Waals surface area contributed by atoms with Gasteiger partial charge >= 0.3 is 36.2 Å². The van der Waals surface area contributed by atoms with Crippen molar-refractivity contribution in [1.29, 1.82) is 0 Å². The quantitative estimate of drug-likeness (QED) is 0.0166. The van der Waals surface area contributed by atoms with E-state index in [4.69, 9.17) is 35.2 Å². The third-order valence-electron chi connectivity index (χ3n) is 10.9. The summed E-state index contributed by atoms with van der Waals surface area (Å²) >= 11 is 0. The molecule has 0 aromatic heterocycles. The monoisotopic (exact) mass is 1020 g/mol. The van der Waals surface area contributed by atoms with E-state index in [9.17, 15) is 45.5 Å². The molecule has 0 spiro atoms. The number of ether oxygens (including phenoxy) is 5. The Morgan fingerprint density at radius 3 is 1.28 bits per heavy atom. The molecule has 4 N–H and O–H groups in total. The molecule has 384 valence electrons.